The molecule has 31 heavy (non-hydrogen) atoms. The third kappa shape index (κ3) is 4.90. The van der Waals surface area contributed by atoms with E-state index in [1.807, 2.05) is 0 Å². The van der Waals surface area contributed by atoms with Crippen LogP contribution in [0, 0.1) is 17.7 Å². The second-order valence-corrected chi connectivity index (χ2v) is 8.16. The average Bonchev–Trinajstić information content (AvgIpc) is 2.68. The van der Waals surface area contributed by atoms with Crippen LogP contribution in [0.15, 0.2) is 42.5 Å². The maximum Gasteiger partial charge on any atom is 0.229 e. The number of rotatable bonds is 4. The minimum Gasteiger partial charge on any atom is -0.353 e. The molecule has 162 valence electrons. The first-order valence-electron chi connectivity index (χ1n) is 9.43. The molecule has 0 saturated carbocycles. The Hall–Kier alpha value is -2.88. The first kappa shape index (κ1) is 21.4. The second-order valence-electron chi connectivity index (χ2n) is 7.29. The lowest BCUT2D eigenvalue weighted by atomic mass is 9.81. The summed E-state index contributed by atoms with van der Waals surface area (Å²) >= 11 is 11.9. The Morgan fingerprint density at radius 2 is 1.68 bits per heavy atom. The van der Waals surface area contributed by atoms with Crippen LogP contribution in [-0.2, 0) is 14.4 Å². The quantitative estimate of drug-likeness (QED) is 0.475. The molecule has 4 unspecified atom stereocenters. The van der Waals surface area contributed by atoms with Crippen LogP contribution >= 0.6 is 23.2 Å². The maximum absolute atomic E-state index is 13.1. The summed E-state index contributed by atoms with van der Waals surface area (Å²) in [4.78, 5) is 38.0. The van der Waals surface area contributed by atoms with Gasteiger partial charge in [0.15, 0.2) is 6.29 Å². The lowest BCUT2D eigenvalue weighted by Crippen LogP contribution is -2.72. The molecule has 2 aliphatic rings. The normalized spacial score (nSPS) is 25.1. The van der Waals surface area contributed by atoms with E-state index in [2.05, 4.69) is 26.6 Å². The van der Waals surface area contributed by atoms with Crippen LogP contribution in [0.5, 0.6) is 0 Å². The third-order valence-electron chi connectivity index (χ3n) is 5.07. The summed E-state index contributed by atoms with van der Waals surface area (Å²) in [5.41, 5.74) is 0.928. The van der Waals surface area contributed by atoms with Gasteiger partial charge in [0.1, 0.15) is 5.82 Å². The zero-order valence-corrected chi connectivity index (χ0v) is 17.4. The molecule has 0 radical (unpaired) electrons. The predicted molar refractivity (Wildman–Crippen MR) is 114 cm³/mol. The van der Waals surface area contributed by atoms with Crippen molar-refractivity contribution >= 4 is 52.3 Å². The van der Waals surface area contributed by atoms with E-state index in [1.54, 1.807) is 0 Å². The molecule has 5 N–H and O–H groups in total. The monoisotopic (exact) mass is 465 g/mol. The first-order chi connectivity index (χ1) is 14.8. The molecule has 2 aromatic carbocycles. The molecule has 4 atom stereocenters. The number of amides is 3. The topological polar surface area (TPSA) is 111 Å². The number of hydrogen-bond acceptors (Lipinski definition) is 5. The smallest absolute Gasteiger partial charge is 0.229 e. The predicted octanol–water partition coefficient (Wildman–Crippen LogP) is 2.26. The molecular weight excluding hydrogens is 448 g/mol. The number of benzene rings is 2. The number of carbonyl (C=O) groups is 3. The van der Waals surface area contributed by atoms with E-state index in [0.717, 1.165) is 0 Å². The highest BCUT2D eigenvalue weighted by Crippen LogP contribution is 2.29. The highest BCUT2D eigenvalue weighted by Gasteiger charge is 2.48. The SMILES string of the molecule is O=C1CC(C(=O)Nc2cc(Cl)cc(Cl)c2)C2C(=O)NC(Nc3ccc(F)cc3)NC2N1. The molecule has 0 aliphatic carbocycles. The molecule has 2 aromatic rings. The molecule has 0 aromatic heterocycles. The van der Waals surface area contributed by atoms with Gasteiger partial charge >= 0.3 is 0 Å². The number of fused-ring (bicyclic) bond motifs is 1. The fourth-order valence-corrected chi connectivity index (χ4v) is 4.25. The van der Waals surface area contributed by atoms with Gasteiger partial charge in [0.25, 0.3) is 0 Å². The van der Waals surface area contributed by atoms with Crippen LogP contribution in [0.4, 0.5) is 15.8 Å². The van der Waals surface area contributed by atoms with Crippen LogP contribution in [0.3, 0.4) is 0 Å². The molecule has 3 amide bonds. The number of carbonyl (C=O) groups excluding carboxylic acids is 3. The molecule has 2 aliphatic heterocycles. The lowest BCUT2D eigenvalue weighted by molar-refractivity contribution is -0.144. The van der Waals surface area contributed by atoms with Gasteiger partial charge in [0.05, 0.1) is 18.0 Å². The van der Waals surface area contributed by atoms with Crippen LogP contribution in [0.25, 0.3) is 0 Å². The fourth-order valence-electron chi connectivity index (χ4n) is 3.73. The van der Waals surface area contributed by atoms with Crippen molar-refractivity contribution in [2.75, 3.05) is 10.6 Å². The fraction of sp³-hybridized carbons (Fsp3) is 0.250. The van der Waals surface area contributed by atoms with Crippen LogP contribution in [-0.4, -0.2) is 30.2 Å². The van der Waals surface area contributed by atoms with Crippen molar-refractivity contribution < 1.29 is 18.8 Å². The molecule has 2 heterocycles. The van der Waals surface area contributed by atoms with E-state index in [0.29, 0.717) is 21.4 Å². The third-order valence-corrected chi connectivity index (χ3v) is 5.51. The van der Waals surface area contributed by atoms with Crippen molar-refractivity contribution in [1.29, 1.82) is 0 Å². The van der Waals surface area contributed by atoms with Gasteiger partial charge in [-0.15, -0.1) is 0 Å². The van der Waals surface area contributed by atoms with Crippen molar-refractivity contribution in [3.8, 4) is 0 Å². The van der Waals surface area contributed by atoms with Crippen LogP contribution < -0.4 is 26.6 Å². The van der Waals surface area contributed by atoms with Crippen molar-refractivity contribution in [2.45, 2.75) is 18.9 Å². The zero-order chi connectivity index (χ0) is 22.1. The zero-order valence-electron chi connectivity index (χ0n) is 15.9. The summed E-state index contributed by atoms with van der Waals surface area (Å²) in [5, 5.41) is 14.8. The largest absolute Gasteiger partial charge is 0.353 e. The highest BCUT2D eigenvalue weighted by molar-refractivity contribution is 6.35. The standard InChI is InChI=1S/C20H18Cl2FN5O3/c21-9-5-10(22)7-13(6-9)24-18(30)14-8-15(29)26-17-16(14)19(31)28-20(27-17)25-12-3-1-11(23)2-4-12/h1-7,14,16-17,20,25,27H,8H2,(H,24,30)(H,26,29)(H,28,31). The number of anilines is 2. The number of hydrogen-bond donors (Lipinski definition) is 5. The molecular formula is C20H18Cl2FN5O3. The van der Waals surface area contributed by atoms with Crippen molar-refractivity contribution in [3.63, 3.8) is 0 Å². The Balaban J connectivity index is 1.48. The molecule has 4 rings (SSSR count). The Kier molecular flexibility index (Phi) is 5.99. The van der Waals surface area contributed by atoms with Crippen LogP contribution in [0.2, 0.25) is 10.0 Å². The molecule has 0 bridgehead atoms. The van der Waals surface area contributed by atoms with Crippen molar-refractivity contribution in [2.24, 2.45) is 11.8 Å². The number of piperidine rings is 1. The second kappa shape index (κ2) is 8.70. The Morgan fingerprint density at radius 3 is 2.35 bits per heavy atom. The molecule has 8 nitrogen and oxygen atoms in total. The Bertz CT molecular complexity index is 1020. The van der Waals surface area contributed by atoms with Gasteiger partial charge < -0.3 is 21.3 Å². The Morgan fingerprint density at radius 1 is 1.00 bits per heavy atom. The van der Waals surface area contributed by atoms with Crippen molar-refractivity contribution in [1.82, 2.24) is 16.0 Å². The van der Waals surface area contributed by atoms with Gasteiger partial charge in [-0.05, 0) is 42.5 Å². The van der Waals surface area contributed by atoms with Crippen molar-refractivity contribution in [3.05, 3.63) is 58.3 Å². The molecule has 0 spiro atoms. The van der Waals surface area contributed by atoms with Crippen LogP contribution in [0.1, 0.15) is 6.42 Å². The first-order valence-corrected chi connectivity index (χ1v) is 10.2. The van der Waals surface area contributed by atoms with Gasteiger partial charge in [-0.3, -0.25) is 19.7 Å². The average molecular weight is 466 g/mol. The van der Waals surface area contributed by atoms with E-state index in [1.165, 1.54) is 42.5 Å². The molecule has 2 fully saturated rings. The van der Waals surface area contributed by atoms with E-state index >= 15 is 0 Å². The summed E-state index contributed by atoms with van der Waals surface area (Å²) < 4.78 is 13.1. The molecule has 11 heteroatoms. The van der Waals surface area contributed by atoms with E-state index in [4.69, 9.17) is 23.2 Å². The van der Waals surface area contributed by atoms with Gasteiger partial charge in [0, 0.05) is 27.8 Å². The minimum absolute atomic E-state index is 0.146. The summed E-state index contributed by atoms with van der Waals surface area (Å²) in [6.45, 7) is 0. The lowest BCUT2D eigenvalue weighted by Gasteiger charge is -2.43. The summed E-state index contributed by atoms with van der Waals surface area (Å²) in [5.74, 6) is -3.40. The Labute approximate surface area is 186 Å². The van der Waals surface area contributed by atoms with Gasteiger partial charge in [-0.25, -0.2) is 4.39 Å². The summed E-state index contributed by atoms with van der Waals surface area (Å²) in [7, 11) is 0. The summed E-state index contributed by atoms with van der Waals surface area (Å²) in [6.07, 6.45) is -1.65. The molecule has 2 saturated heterocycles. The number of halogens is 3. The summed E-state index contributed by atoms with van der Waals surface area (Å²) in [6, 6.07) is 10.2. The van der Waals surface area contributed by atoms with E-state index in [9.17, 15) is 18.8 Å². The van der Waals surface area contributed by atoms with E-state index < -0.39 is 36.1 Å². The van der Waals surface area contributed by atoms with Gasteiger partial charge in [0.2, 0.25) is 17.7 Å². The minimum atomic E-state index is -0.907. The number of nitrogens with one attached hydrogen (secondary N) is 5. The van der Waals surface area contributed by atoms with E-state index in [-0.39, 0.29) is 18.1 Å². The maximum atomic E-state index is 13.1. The van der Waals surface area contributed by atoms with Gasteiger partial charge in [-0.2, -0.15) is 0 Å². The van der Waals surface area contributed by atoms with Gasteiger partial charge in [-0.1, -0.05) is 23.2 Å². The highest BCUT2D eigenvalue weighted by atomic mass is 35.5.